The number of amides is 3. The quantitative estimate of drug-likeness (QED) is 0.681. The Bertz CT molecular complexity index is 724. The van der Waals surface area contributed by atoms with Gasteiger partial charge < -0.3 is 14.8 Å². The van der Waals surface area contributed by atoms with E-state index >= 15 is 0 Å². The third kappa shape index (κ3) is 5.47. The van der Waals surface area contributed by atoms with E-state index in [0.717, 1.165) is 4.47 Å². The molecule has 0 aromatic heterocycles. The lowest BCUT2D eigenvalue weighted by molar-refractivity contribution is -0.123. The first-order valence-corrected chi connectivity index (χ1v) is 7.75. The van der Waals surface area contributed by atoms with E-state index in [1.165, 1.54) is 7.11 Å². The van der Waals surface area contributed by atoms with Gasteiger partial charge in [-0.3, -0.25) is 10.2 Å². The number of rotatable bonds is 5. The normalized spacial score (nSPS) is 9.75. The Morgan fingerprint density at radius 1 is 1.08 bits per heavy atom. The van der Waals surface area contributed by atoms with Crippen molar-refractivity contribution >= 4 is 33.6 Å². The van der Waals surface area contributed by atoms with Crippen LogP contribution < -0.4 is 25.6 Å². The maximum atomic E-state index is 11.8. The molecule has 0 fully saturated rings. The Morgan fingerprint density at radius 2 is 1.88 bits per heavy atom. The Labute approximate surface area is 147 Å². The fourth-order valence-corrected chi connectivity index (χ4v) is 2.15. The average molecular weight is 394 g/mol. The lowest BCUT2D eigenvalue weighted by atomic mass is 10.3. The van der Waals surface area contributed by atoms with Crippen LogP contribution in [0.5, 0.6) is 11.5 Å². The van der Waals surface area contributed by atoms with Crippen molar-refractivity contribution in [3.05, 3.63) is 53.0 Å². The summed E-state index contributed by atoms with van der Waals surface area (Å²) in [4.78, 5) is 23.4. The van der Waals surface area contributed by atoms with Gasteiger partial charge >= 0.3 is 6.03 Å². The van der Waals surface area contributed by atoms with Crippen LogP contribution in [0.4, 0.5) is 10.5 Å². The highest BCUT2D eigenvalue weighted by Crippen LogP contribution is 2.22. The van der Waals surface area contributed by atoms with Crippen molar-refractivity contribution in [2.45, 2.75) is 0 Å². The van der Waals surface area contributed by atoms with Crippen molar-refractivity contribution in [3.63, 3.8) is 0 Å². The molecule has 3 amide bonds. The van der Waals surface area contributed by atoms with Crippen LogP contribution in [0.1, 0.15) is 0 Å². The molecule has 8 heteroatoms. The van der Waals surface area contributed by atoms with Crippen molar-refractivity contribution in [2.75, 3.05) is 19.0 Å². The van der Waals surface area contributed by atoms with Crippen LogP contribution in [0.15, 0.2) is 53.0 Å². The lowest BCUT2D eigenvalue weighted by Crippen LogP contribution is -2.45. The van der Waals surface area contributed by atoms with Crippen LogP contribution in [0.3, 0.4) is 0 Å². The van der Waals surface area contributed by atoms with E-state index in [1.807, 2.05) is 6.07 Å². The molecule has 2 aromatic rings. The Morgan fingerprint density at radius 3 is 2.62 bits per heavy atom. The zero-order valence-corrected chi connectivity index (χ0v) is 14.4. The number of methoxy groups -OCH3 is 1. The van der Waals surface area contributed by atoms with Crippen molar-refractivity contribution in [3.8, 4) is 11.5 Å². The summed E-state index contributed by atoms with van der Waals surface area (Å²) >= 11 is 3.31. The number of hydrogen-bond donors (Lipinski definition) is 3. The molecule has 3 N–H and O–H groups in total. The van der Waals surface area contributed by atoms with E-state index in [1.54, 1.807) is 42.5 Å². The summed E-state index contributed by atoms with van der Waals surface area (Å²) in [5.41, 5.74) is 4.97. The molecule has 0 saturated heterocycles. The van der Waals surface area contributed by atoms with E-state index < -0.39 is 11.9 Å². The van der Waals surface area contributed by atoms with Crippen LogP contribution in [-0.4, -0.2) is 25.7 Å². The average Bonchev–Trinajstić information content (AvgIpc) is 2.58. The molecular formula is C16H16BrN3O4. The second kappa shape index (κ2) is 8.78. The largest absolute Gasteiger partial charge is 0.495 e. The summed E-state index contributed by atoms with van der Waals surface area (Å²) in [5.74, 6) is 0.556. The molecule has 2 aromatic carbocycles. The van der Waals surface area contributed by atoms with E-state index in [4.69, 9.17) is 9.47 Å². The molecule has 0 heterocycles. The SMILES string of the molecule is COc1ccccc1NC(=O)NNC(=O)COc1cccc(Br)c1. The predicted molar refractivity (Wildman–Crippen MR) is 92.9 cm³/mol. The highest BCUT2D eigenvalue weighted by molar-refractivity contribution is 9.10. The monoisotopic (exact) mass is 393 g/mol. The highest BCUT2D eigenvalue weighted by atomic mass is 79.9. The Hall–Kier alpha value is -2.74. The van der Waals surface area contributed by atoms with Crippen LogP contribution in [0.25, 0.3) is 0 Å². The minimum atomic E-state index is -0.602. The van der Waals surface area contributed by atoms with Gasteiger partial charge in [0.2, 0.25) is 0 Å². The third-order valence-electron chi connectivity index (χ3n) is 2.84. The van der Waals surface area contributed by atoms with Crippen molar-refractivity contribution in [1.29, 1.82) is 0 Å². The fraction of sp³-hybridized carbons (Fsp3) is 0.125. The molecule has 0 unspecified atom stereocenters. The van der Waals surface area contributed by atoms with Gasteiger partial charge in [-0.15, -0.1) is 0 Å². The van der Waals surface area contributed by atoms with Crippen LogP contribution in [-0.2, 0) is 4.79 Å². The topological polar surface area (TPSA) is 88.7 Å². The Kier molecular flexibility index (Phi) is 6.44. The molecular weight excluding hydrogens is 378 g/mol. The fourth-order valence-electron chi connectivity index (χ4n) is 1.77. The Balaban J connectivity index is 1.76. The van der Waals surface area contributed by atoms with Gasteiger partial charge in [0.25, 0.3) is 5.91 Å². The first-order valence-electron chi connectivity index (χ1n) is 6.95. The number of nitrogens with one attached hydrogen (secondary N) is 3. The van der Waals surface area contributed by atoms with Gasteiger partial charge in [-0.05, 0) is 30.3 Å². The second-order valence-electron chi connectivity index (χ2n) is 4.57. The van der Waals surface area contributed by atoms with Crippen molar-refractivity contribution < 1.29 is 19.1 Å². The van der Waals surface area contributed by atoms with Gasteiger partial charge in [-0.2, -0.15) is 0 Å². The molecule has 0 radical (unpaired) electrons. The molecule has 0 aliphatic heterocycles. The van der Waals surface area contributed by atoms with Gasteiger partial charge in [0.15, 0.2) is 6.61 Å². The second-order valence-corrected chi connectivity index (χ2v) is 5.49. The van der Waals surface area contributed by atoms with Crippen molar-refractivity contribution in [1.82, 2.24) is 10.9 Å². The molecule has 2 rings (SSSR count). The van der Waals surface area contributed by atoms with Gasteiger partial charge in [0.05, 0.1) is 12.8 Å². The number of urea groups is 1. The van der Waals surface area contributed by atoms with Gasteiger partial charge in [0, 0.05) is 4.47 Å². The van der Waals surface area contributed by atoms with Crippen molar-refractivity contribution in [2.24, 2.45) is 0 Å². The number of carbonyl (C=O) groups is 2. The predicted octanol–water partition coefficient (Wildman–Crippen LogP) is 2.69. The molecule has 0 bridgehead atoms. The highest BCUT2D eigenvalue weighted by Gasteiger charge is 2.08. The molecule has 0 atom stereocenters. The molecule has 24 heavy (non-hydrogen) atoms. The number of hydrogen-bond acceptors (Lipinski definition) is 4. The number of anilines is 1. The number of benzene rings is 2. The number of ether oxygens (including phenoxy) is 2. The summed E-state index contributed by atoms with van der Waals surface area (Å²) in [7, 11) is 1.50. The summed E-state index contributed by atoms with van der Waals surface area (Å²) in [6.45, 7) is -0.231. The van der Waals surface area contributed by atoms with E-state index in [-0.39, 0.29) is 6.61 Å². The van der Waals surface area contributed by atoms with E-state index in [0.29, 0.717) is 17.2 Å². The zero-order valence-electron chi connectivity index (χ0n) is 12.8. The summed E-state index contributed by atoms with van der Waals surface area (Å²) in [5, 5.41) is 2.56. The summed E-state index contributed by atoms with van der Waals surface area (Å²) in [6, 6.07) is 13.4. The molecule has 0 aliphatic carbocycles. The number of halogens is 1. The van der Waals surface area contributed by atoms with Gasteiger partial charge in [-0.1, -0.05) is 34.1 Å². The molecule has 0 saturated carbocycles. The molecule has 0 spiro atoms. The van der Waals surface area contributed by atoms with Crippen LogP contribution in [0.2, 0.25) is 0 Å². The van der Waals surface area contributed by atoms with Gasteiger partial charge in [0.1, 0.15) is 11.5 Å². The maximum Gasteiger partial charge on any atom is 0.338 e. The number of hydrazine groups is 1. The third-order valence-corrected chi connectivity index (χ3v) is 3.33. The molecule has 126 valence electrons. The number of para-hydroxylation sites is 2. The van der Waals surface area contributed by atoms with Crippen LogP contribution >= 0.6 is 15.9 Å². The van der Waals surface area contributed by atoms with Crippen LogP contribution in [0, 0.1) is 0 Å². The zero-order chi connectivity index (χ0) is 17.4. The first kappa shape index (κ1) is 17.6. The maximum absolute atomic E-state index is 11.8. The summed E-state index contributed by atoms with van der Waals surface area (Å²) in [6.07, 6.45) is 0. The molecule has 0 aliphatic rings. The van der Waals surface area contributed by atoms with Gasteiger partial charge in [-0.25, -0.2) is 10.2 Å². The first-order chi connectivity index (χ1) is 11.6. The van der Waals surface area contributed by atoms with E-state index in [2.05, 4.69) is 32.1 Å². The minimum absolute atomic E-state index is 0.231. The molecule has 7 nitrogen and oxygen atoms in total. The smallest absolute Gasteiger partial charge is 0.338 e. The minimum Gasteiger partial charge on any atom is -0.495 e. The van der Waals surface area contributed by atoms with E-state index in [9.17, 15) is 9.59 Å². The number of carbonyl (C=O) groups excluding carboxylic acids is 2. The lowest BCUT2D eigenvalue weighted by Gasteiger charge is -2.12. The summed E-state index contributed by atoms with van der Waals surface area (Å²) < 4.78 is 11.3. The standard InChI is InChI=1S/C16H16BrN3O4/c1-23-14-8-3-2-7-13(14)18-16(22)20-19-15(21)10-24-12-6-4-5-11(17)9-12/h2-9H,10H2,1H3,(H,19,21)(H2,18,20,22).